The molecular formula is C15H15N3O3S. The van der Waals surface area contributed by atoms with Crippen LogP contribution in [0.4, 0.5) is 10.8 Å². The van der Waals surface area contributed by atoms with E-state index < -0.39 is 6.10 Å². The Balaban J connectivity index is 1.86. The molecule has 0 aliphatic carbocycles. The molecule has 6 nitrogen and oxygen atoms in total. The number of fused-ring (bicyclic) bond motifs is 1. The number of thiazole rings is 1. The van der Waals surface area contributed by atoms with E-state index in [-0.39, 0.29) is 11.8 Å². The highest BCUT2D eigenvalue weighted by Crippen LogP contribution is 2.34. The van der Waals surface area contributed by atoms with Crippen molar-refractivity contribution in [1.29, 1.82) is 0 Å². The molecule has 22 heavy (non-hydrogen) atoms. The molecule has 1 aliphatic rings. The Kier molecular flexibility index (Phi) is 3.81. The van der Waals surface area contributed by atoms with Crippen molar-refractivity contribution in [2.45, 2.75) is 26.4 Å². The minimum absolute atomic E-state index is 0.0685. The number of ether oxygens (including phenoxy) is 1. The molecule has 0 saturated heterocycles. The molecule has 114 valence electrons. The maximum absolute atomic E-state index is 11.7. The standard InChI is InChI=1S/C15H15N3O3S/c1-3-13(19)18-15-17-11(7-22-15)9-4-5-12-10(6-9)16-14(20)8(2)21-12/h4-8H,3H2,1-2H3,(H,16,20)(H,17,18,19)/t8-/m1/s1. The molecule has 2 aromatic rings. The second-order valence-electron chi connectivity index (χ2n) is 4.90. The first kappa shape index (κ1) is 14.5. The van der Waals surface area contributed by atoms with Gasteiger partial charge in [0.1, 0.15) is 5.75 Å². The van der Waals surface area contributed by atoms with Crippen LogP contribution in [-0.4, -0.2) is 22.9 Å². The lowest BCUT2D eigenvalue weighted by molar-refractivity contribution is -0.122. The van der Waals surface area contributed by atoms with Crippen LogP contribution in [-0.2, 0) is 9.59 Å². The summed E-state index contributed by atoms with van der Waals surface area (Å²) in [7, 11) is 0. The van der Waals surface area contributed by atoms with E-state index in [0.717, 1.165) is 11.3 Å². The minimum Gasteiger partial charge on any atom is -0.479 e. The molecule has 0 fully saturated rings. The highest BCUT2D eigenvalue weighted by atomic mass is 32.1. The summed E-state index contributed by atoms with van der Waals surface area (Å²) in [6.45, 7) is 3.49. The number of anilines is 2. The number of benzene rings is 1. The summed E-state index contributed by atoms with van der Waals surface area (Å²) in [5, 5.41) is 7.97. The number of hydrogen-bond donors (Lipinski definition) is 2. The summed E-state index contributed by atoms with van der Waals surface area (Å²) < 4.78 is 5.52. The zero-order valence-electron chi connectivity index (χ0n) is 12.2. The van der Waals surface area contributed by atoms with Gasteiger partial charge >= 0.3 is 0 Å². The first-order valence-corrected chi connectivity index (χ1v) is 7.82. The van der Waals surface area contributed by atoms with Gasteiger partial charge in [0, 0.05) is 17.4 Å². The maximum Gasteiger partial charge on any atom is 0.265 e. The summed E-state index contributed by atoms with van der Waals surface area (Å²) in [5.74, 6) is 0.408. The monoisotopic (exact) mass is 317 g/mol. The largest absolute Gasteiger partial charge is 0.479 e. The van der Waals surface area contributed by atoms with E-state index in [0.29, 0.717) is 23.0 Å². The van der Waals surface area contributed by atoms with Gasteiger partial charge in [-0.25, -0.2) is 4.98 Å². The fraction of sp³-hybridized carbons (Fsp3) is 0.267. The van der Waals surface area contributed by atoms with Gasteiger partial charge in [-0.3, -0.25) is 9.59 Å². The predicted molar refractivity (Wildman–Crippen MR) is 85.2 cm³/mol. The van der Waals surface area contributed by atoms with Crippen molar-refractivity contribution in [3.63, 3.8) is 0 Å². The number of carbonyl (C=O) groups is 2. The van der Waals surface area contributed by atoms with Crippen LogP contribution in [0.5, 0.6) is 5.75 Å². The fourth-order valence-electron chi connectivity index (χ4n) is 2.04. The average Bonchev–Trinajstić information content (AvgIpc) is 2.96. The SMILES string of the molecule is CCC(=O)Nc1nc(-c2ccc3c(c2)NC(=O)[C@@H](C)O3)cs1. The van der Waals surface area contributed by atoms with Gasteiger partial charge in [0.2, 0.25) is 5.91 Å². The second-order valence-corrected chi connectivity index (χ2v) is 5.76. The highest BCUT2D eigenvalue weighted by molar-refractivity contribution is 7.14. The quantitative estimate of drug-likeness (QED) is 0.912. The van der Waals surface area contributed by atoms with Crippen molar-refractivity contribution in [2.75, 3.05) is 10.6 Å². The van der Waals surface area contributed by atoms with E-state index in [1.54, 1.807) is 13.8 Å². The van der Waals surface area contributed by atoms with Crippen molar-refractivity contribution in [3.05, 3.63) is 23.6 Å². The van der Waals surface area contributed by atoms with E-state index in [1.165, 1.54) is 11.3 Å². The average molecular weight is 317 g/mol. The van der Waals surface area contributed by atoms with Gasteiger partial charge in [0.05, 0.1) is 11.4 Å². The Morgan fingerprint density at radius 1 is 1.50 bits per heavy atom. The van der Waals surface area contributed by atoms with Gasteiger partial charge < -0.3 is 15.4 Å². The van der Waals surface area contributed by atoms with Gasteiger partial charge in [-0.15, -0.1) is 11.3 Å². The molecule has 1 aromatic carbocycles. The summed E-state index contributed by atoms with van der Waals surface area (Å²) in [5.41, 5.74) is 2.23. The van der Waals surface area contributed by atoms with Gasteiger partial charge in [0.25, 0.3) is 5.91 Å². The third-order valence-electron chi connectivity index (χ3n) is 3.28. The minimum atomic E-state index is -0.492. The third-order valence-corrected chi connectivity index (χ3v) is 4.04. The lowest BCUT2D eigenvalue weighted by Gasteiger charge is -2.23. The number of nitrogens with one attached hydrogen (secondary N) is 2. The van der Waals surface area contributed by atoms with Crippen molar-refractivity contribution in [3.8, 4) is 17.0 Å². The number of hydrogen-bond acceptors (Lipinski definition) is 5. The first-order chi connectivity index (χ1) is 10.6. The molecule has 7 heteroatoms. The molecule has 3 rings (SSSR count). The van der Waals surface area contributed by atoms with Gasteiger partial charge in [-0.1, -0.05) is 6.92 Å². The van der Waals surface area contributed by atoms with Crippen LogP contribution in [0.25, 0.3) is 11.3 Å². The normalized spacial score (nSPS) is 16.5. The predicted octanol–water partition coefficient (Wildman–Crippen LogP) is 2.88. The van der Waals surface area contributed by atoms with Crippen LogP contribution in [0.15, 0.2) is 23.6 Å². The molecule has 0 radical (unpaired) electrons. The Hall–Kier alpha value is -2.41. The van der Waals surface area contributed by atoms with Crippen LogP contribution in [0.1, 0.15) is 20.3 Å². The Labute approximate surface area is 131 Å². The lowest BCUT2D eigenvalue weighted by atomic mass is 10.1. The zero-order valence-corrected chi connectivity index (χ0v) is 13.0. The summed E-state index contributed by atoms with van der Waals surface area (Å²) in [6.07, 6.45) is -0.0801. The van der Waals surface area contributed by atoms with Crippen molar-refractivity contribution < 1.29 is 14.3 Å². The van der Waals surface area contributed by atoms with Crippen molar-refractivity contribution >= 4 is 34.0 Å². The molecule has 1 aromatic heterocycles. The Bertz CT molecular complexity index is 741. The van der Waals surface area contributed by atoms with Crippen LogP contribution < -0.4 is 15.4 Å². The molecule has 0 unspecified atom stereocenters. The number of rotatable bonds is 3. The summed E-state index contributed by atoms with van der Waals surface area (Å²) in [4.78, 5) is 27.4. The van der Waals surface area contributed by atoms with E-state index in [9.17, 15) is 9.59 Å². The number of aromatic nitrogens is 1. The molecule has 0 saturated carbocycles. The molecule has 2 N–H and O–H groups in total. The number of amides is 2. The van der Waals surface area contributed by atoms with Crippen molar-refractivity contribution in [2.24, 2.45) is 0 Å². The smallest absolute Gasteiger partial charge is 0.265 e. The molecule has 0 spiro atoms. The van der Waals surface area contributed by atoms with Crippen molar-refractivity contribution in [1.82, 2.24) is 4.98 Å². The lowest BCUT2D eigenvalue weighted by Crippen LogP contribution is -2.34. The Morgan fingerprint density at radius 2 is 2.32 bits per heavy atom. The zero-order chi connectivity index (χ0) is 15.7. The van der Waals surface area contributed by atoms with Crippen LogP contribution in [0, 0.1) is 0 Å². The van der Waals surface area contributed by atoms with Crippen LogP contribution in [0.2, 0.25) is 0 Å². The molecular weight excluding hydrogens is 302 g/mol. The molecule has 0 bridgehead atoms. The van der Waals surface area contributed by atoms with Gasteiger partial charge in [-0.05, 0) is 25.1 Å². The van der Waals surface area contributed by atoms with E-state index in [2.05, 4.69) is 15.6 Å². The molecule has 2 heterocycles. The third kappa shape index (κ3) is 2.80. The highest BCUT2D eigenvalue weighted by Gasteiger charge is 2.23. The first-order valence-electron chi connectivity index (χ1n) is 6.94. The fourth-order valence-corrected chi connectivity index (χ4v) is 2.78. The van der Waals surface area contributed by atoms with Gasteiger partial charge in [0.15, 0.2) is 11.2 Å². The number of nitrogens with zero attached hydrogens (tertiary/aromatic N) is 1. The second kappa shape index (κ2) is 5.76. The van der Waals surface area contributed by atoms with Crippen LogP contribution in [0.3, 0.4) is 0 Å². The summed E-state index contributed by atoms with van der Waals surface area (Å²) >= 11 is 1.36. The Morgan fingerprint density at radius 3 is 3.09 bits per heavy atom. The van der Waals surface area contributed by atoms with Crippen LogP contribution >= 0.6 is 11.3 Å². The molecule has 1 aliphatic heterocycles. The maximum atomic E-state index is 11.7. The van der Waals surface area contributed by atoms with Gasteiger partial charge in [-0.2, -0.15) is 0 Å². The van der Waals surface area contributed by atoms with E-state index in [1.807, 2.05) is 23.6 Å². The van der Waals surface area contributed by atoms with E-state index >= 15 is 0 Å². The molecule has 1 atom stereocenters. The van der Waals surface area contributed by atoms with E-state index in [4.69, 9.17) is 4.74 Å². The topological polar surface area (TPSA) is 80.3 Å². The number of carbonyl (C=O) groups excluding carboxylic acids is 2. The summed E-state index contributed by atoms with van der Waals surface area (Å²) in [6, 6.07) is 5.51. The molecule has 2 amide bonds.